The Bertz CT molecular complexity index is 539. The number of hydrogen-bond donors (Lipinski definition) is 1. The Morgan fingerprint density at radius 3 is 2.53 bits per heavy atom. The molecule has 19 heavy (non-hydrogen) atoms. The van der Waals surface area contributed by atoms with Crippen LogP contribution in [0.3, 0.4) is 0 Å². The van der Waals surface area contributed by atoms with Gasteiger partial charge < -0.3 is 5.73 Å². The van der Waals surface area contributed by atoms with E-state index in [1.807, 2.05) is 0 Å². The number of piperidine rings is 1. The van der Waals surface area contributed by atoms with Crippen LogP contribution in [0.4, 0.5) is 0 Å². The molecule has 1 atom stereocenters. The molecule has 1 aromatic rings. The molecule has 1 unspecified atom stereocenters. The molecule has 106 valence electrons. The predicted octanol–water partition coefficient (Wildman–Crippen LogP) is 0.595. The average molecular weight is 284 g/mol. The smallest absolute Gasteiger partial charge is 0.279 e. The standard InChI is InChI=1S/C12H20N4O2S/c1-9-7-10(2)15-12(14-9)19(17,18)16-6-4-3-5-11(16)8-13/h7,11H,3-6,8,13H2,1-2H3. The molecule has 0 saturated carbocycles. The molecule has 2 heterocycles. The lowest BCUT2D eigenvalue weighted by atomic mass is 10.1. The molecular formula is C12H20N4O2S. The molecule has 1 aliphatic rings. The van der Waals surface area contributed by atoms with Crippen LogP contribution in [0.25, 0.3) is 0 Å². The highest BCUT2D eigenvalue weighted by Gasteiger charge is 2.34. The predicted molar refractivity (Wildman–Crippen MR) is 72.1 cm³/mol. The third-order valence-electron chi connectivity index (χ3n) is 3.35. The number of hydrogen-bond acceptors (Lipinski definition) is 5. The van der Waals surface area contributed by atoms with Crippen molar-refractivity contribution in [1.29, 1.82) is 0 Å². The first-order valence-corrected chi connectivity index (χ1v) is 7.93. The van der Waals surface area contributed by atoms with Crippen molar-refractivity contribution < 1.29 is 8.42 Å². The maximum absolute atomic E-state index is 12.6. The SMILES string of the molecule is Cc1cc(C)nc(S(=O)(=O)N2CCCCC2CN)n1. The van der Waals surface area contributed by atoms with E-state index in [2.05, 4.69) is 9.97 Å². The summed E-state index contributed by atoms with van der Waals surface area (Å²) in [6.45, 7) is 4.37. The molecule has 0 aliphatic carbocycles. The van der Waals surface area contributed by atoms with E-state index in [0.717, 1.165) is 19.3 Å². The van der Waals surface area contributed by atoms with Crippen LogP contribution in [0.5, 0.6) is 0 Å². The molecule has 1 aliphatic heterocycles. The highest BCUT2D eigenvalue weighted by Crippen LogP contribution is 2.23. The van der Waals surface area contributed by atoms with Gasteiger partial charge in [0.05, 0.1) is 0 Å². The first-order chi connectivity index (χ1) is 8.95. The van der Waals surface area contributed by atoms with Gasteiger partial charge in [-0.2, -0.15) is 4.31 Å². The summed E-state index contributed by atoms with van der Waals surface area (Å²) in [5.74, 6) is 0. The first kappa shape index (κ1) is 14.4. The third kappa shape index (κ3) is 2.93. The summed E-state index contributed by atoms with van der Waals surface area (Å²) in [5, 5.41) is -0.106. The molecule has 0 aromatic carbocycles. The second-order valence-electron chi connectivity index (χ2n) is 4.93. The molecule has 0 radical (unpaired) electrons. The Kier molecular flexibility index (Phi) is 4.17. The summed E-state index contributed by atoms with van der Waals surface area (Å²) in [6.07, 6.45) is 2.68. The van der Waals surface area contributed by atoms with Gasteiger partial charge >= 0.3 is 0 Å². The number of nitrogens with two attached hydrogens (primary N) is 1. The number of rotatable bonds is 3. The van der Waals surface area contributed by atoms with Crippen LogP contribution in [0.2, 0.25) is 0 Å². The van der Waals surface area contributed by atoms with Gasteiger partial charge in [-0.25, -0.2) is 18.4 Å². The van der Waals surface area contributed by atoms with Crippen molar-refractivity contribution in [3.8, 4) is 0 Å². The number of aromatic nitrogens is 2. The molecule has 1 aromatic heterocycles. The van der Waals surface area contributed by atoms with Crippen LogP contribution < -0.4 is 5.73 Å². The van der Waals surface area contributed by atoms with Crippen LogP contribution in [0.15, 0.2) is 11.2 Å². The highest BCUT2D eigenvalue weighted by molar-refractivity contribution is 7.89. The molecule has 1 fully saturated rings. The quantitative estimate of drug-likeness (QED) is 0.821. The summed E-state index contributed by atoms with van der Waals surface area (Å²) >= 11 is 0. The van der Waals surface area contributed by atoms with E-state index < -0.39 is 10.0 Å². The normalized spacial score (nSPS) is 21.5. The van der Waals surface area contributed by atoms with Crippen LogP contribution in [0.1, 0.15) is 30.7 Å². The Morgan fingerprint density at radius 2 is 1.95 bits per heavy atom. The zero-order valence-corrected chi connectivity index (χ0v) is 12.2. The number of sulfonamides is 1. The molecule has 7 heteroatoms. The van der Waals surface area contributed by atoms with E-state index in [1.165, 1.54) is 4.31 Å². The first-order valence-electron chi connectivity index (χ1n) is 6.49. The van der Waals surface area contributed by atoms with Crippen molar-refractivity contribution in [2.45, 2.75) is 44.3 Å². The van der Waals surface area contributed by atoms with Crippen molar-refractivity contribution in [2.75, 3.05) is 13.1 Å². The fourth-order valence-corrected chi connectivity index (χ4v) is 4.12. The van der Waals surface area contributed by atoms with Gasteiger partial charge in [0.15, 0.2) is 0 Å². The van der Waals surface area contributed by atoms with Crippen molar-refractivity contribution in [2.24, 2.45) is 5.73 Å². The zero-order chi connectivity index (χ0) is 14.0. The Balaban J connectivity index is 2.40. The van der Waals surface area contributed by atoms with E-state index in [9.17, 15) is 8.42 Å². The van der Waals surface area contributed by atoms with Crippen molar-refractivity contribution in [3.05, 3.63) is 17.5 Å². The summed E-state index contributed by atoms with van der Waals surface area (Å²) in [6, 6.07) is 1.62. The van der Waals surface area contributed by atoms with Gasteiger partial charge in [-0.05, 0) is 32.8 Å². The maximum atomic E-state index is 12.6. The molecule has 6 nitrogen and oxygen atoms in total. The molecular weight excluding hydrogens is 264 g/mol. The Labute approximate surface area is 114 Å². The van der Waals surface area contributed by atoms with E-state index >= 15 is 0 Å². The lowest BCUT2D eigenvalue weighted by Crippen LogP contribution is -2.47. The van der Waals surface area contributed by atoms with Crippen LogP contribution >= 0.6 is 0 Å². The minimum absolute atomic E-state index is 0.106. The maximum Gasteiger partial charge on any atom is 0.279 e. The van der Waals surface area contributed by atoms with E-state index in [0.29, 0.717) is 24.5 Å². The fourth-order valence-electron chi connectivity index (χ4n) is 2.44. The van der Waals surface area contributed by atoms with Gasteiger partial charge in [0.1, 0.15) is 0 Å². The number of aryl methyl sites for hydroxylation is 2. The summed E-state index contributed by atoms with van der Waals surface area (Å²) in [5.41, 5.74) is 7.00. The van der Waals surface area contributed by atoms with Crippen LogP contribution in [-0.4, -0.2) is 41.8 Å². The van der Waals surface area contributed by atoms with Crippen LogP contribution in [0, 0.1) is 13.8 Å². The summed E-state index contributed by atoms with van der Waals surface area (Å²) in [4.78, 5) is 8.14. The molecule has 1 saturated heterocycles. The van der Waals surface area contributed by atoms with Crippen molar-refractivity contribution >= 4 is 10.0 Å². The van der Waals surface area contributed by atoms with Gasteiger partial charge in [0.25, 0.3) is 15.2 Å². The van der Waals surface area contributed by atoms with Gasteiger partial charge in [-0.3, -0.25) is 0 Å². The largest absolute Gasteiger partial charge is 0.329 e. The lowest BCUT2D eigenvalue weighted by molar-refractivity contribution is 0.256. The van der Waals surface area contributed by atoms with Crippen LogP contribution in [-0.2, 0) is 10.0 Å². The molecule has 2 N–H and O–H groups in total. The minimum Gasteiger partial charge on any atom is -0.329 e. The average Bonchev–Trinajstić information content (AvgIpc) is 2.37. The zero-order valence-electron chi connectivity index (χ0n) is 11.3. The summed E-state index contributed by atoms with van der Waals surface area (Å²) < 4.78 is 26.7. The Morgan fingerprint density at radius 1 is 1.32 bits per heavy atom. The molecule has 0 bridgehead atoms. The van der Waals surface area contributed by atoms with Crippen molar-refractivity contribution in [1.82, 2.24) is 14.3 Å². The fraction of sp³-hybridized carbons (Fsp3) is 0.667. The Hall–Kier alpha value is -1.05. The topological polar surface area (TPSA) is 89.2 Å². The third-order valence-corrected chi connectivity index (χ3v) is 5.09. The van der Waals surface area contributed by atoms with Gasteiger partial charge in [0, 0.05) is 30.5 Å². The van der Waals surface area contributed by atoms with Crippen molar-refractivity contribution in [3.63, 3.8) is 0 Å². The second-order valence-corrected chi connectivity index (χ2v) is 6.72. The second kappa shape index (κ2) is 5.52. The molecule has 0 amide bonds. The van der Waals surface area contributed by atoms with E-state index in [1.54, 1.807) is 19.9 Å². The molecule has 2 rings (SSSR count). The number of nitrogens with zero attached hydrogens (tertiary/aromatic N) is 3. The monoisotopic (exact) mass is 284 g/mol. The highest BCUT2D eigenvalue weighted by atomic mass is 32.2. The minimum atomic E-state index is -3.64. The summed E-state index contributed by atoms with van der Waals surface area (Å²) in [7, 11) is -3.64. The van der Waals surface area contributed by atoms with E-state index in [-0.39, 0.29) is 11.2 Å². The van der Waals surface area contributed by atoms with E-state index in [4.69, 9.17) is 5.73 Å². The van der Waals surface area contributed by atoms with Gasteiger partial charge in [0.2, 0.25) is 0 Å². The molecule has 0 spiro atoms. The van der Waals surface area contributed by atoms with Gasteiger partial charge in [-0.1, -0.05) is 6.42 Å². The van der Waals surface area contributed by atoms with Gasteiger partial charge in [-0.15, -0.1) is 0 Å². The lowest BCUT2D eigenvalue weighted by Gasteiger charge is -2.33.